The fraction of sp³-hybridized carbons (Fsp3) is 0.900. The van der Waals surface area contributed by atoms with Gasteiger partial charge in [-0.05, 0) is 19.3 Å². The molecule has 0 saturated heterocycles. The second kappa shape index (κ2) is 6.11. The van der Waals surface area contributed by atoms with E-state index in [0.717, 1.165) is 19.3 Å². The maximum absolute atomic E-state index is 10.8. The Balaban J connectivity index is 0.00000169. The van der Waals surface area contributed by atoms with Crippen LogP contribution in [0.3, 0.4) is 0 Å². The van der Waals surface area contributed by atoms with E-state index in [1.54, 1.807) is 6.92 Å². The predicted molar refractivity (Wildman–Crippen MR) is 46.8 cm³/mol. The molecule has 1 atom stereocenters. The number of hydrogen-bond acceptors (Lipinski definition) is 3. The van der Waals surface area contributed by atoms with Crippen LogP contribution in [-0.4, -0.2) is 16.7 Å². The second-order valence-electron chi connectivity index (χ2n) is 3.94. The SMILES string of the molecule is CCC(C(=O)[O-])C1(O)CCCCC1.[Na+]. The van der Waals surface area contributed by atoms with Crippen molar-refractivity contribution in [3.05, 3.63) is 0 Å². The Morgan fingerprint density at radius 3 is 2.29 bits per heavy atom. The summed E-state index contributed by atoms with van der Waals surface area (Å²) in [6.07, 6.45) is 4.64. The van der Waals surface area contributed by atoms with Gasteiger partial charge in [-0.15, -0.1) is 0 Å². The van der Waals surface area contributed by atoms with Crippen molar-refractivity contribution >= 4 is 5.97 Å². The third kappa shape index (κ3) is 3.23. The van der Waals surface area contributed by atoms with Gasteiger partial charge in [0, 0.05) is 11.9 Å². The average molecular weight is 208 g/mol. The predicted octanol–water partition coefficient (Wildman–Crippen LogP) is -2.54. The van der Waals surface area contributed by atoms with E-state index < -0.39 is 17.5 Å². The molecule has 1 aliphatic rings. The molecule has 0 bridgehead atoms. The molecule has 1 saturated carbocycles. The monoisotopic (exact) mass is 208 g/mol. The van der Waals surface area contributed by atoms with Crippen LogP contribution in [0.1, 0.15) is 45.4 Å². The van der Waals surface area contributed by atoms with Crippen molar-refractivity contribution < 1.29 is 44.6 Å². The summed E-state index contributed by atoms with van der Waals surface area (Å²) in [6, 6.07) is 0. The van der Waals surface area contributed by atoms with Crippen LogP contribution in [0.2, 0.25) is 0 Å². The first-order valence-corrected chi connectivity index (χ1v) is 5.03. The number of aliphatic carboxylic acids is 1. The van der Waals surface area contributed by atoms with E-state index in [1.165, 1.54) is 0 Å². The molecular formula is C10H17NaO3. The summed E-state index contributed by atoms with van der Waals surface area (Å²) in [5.41, 5.74) is -0.994. The molecule has 0 aliphatic heterocycles. The van der Waals surface area contributed by atoms with E-state index in [2.05, 4.69) is 0 Å². The Morgan fingerprint density at radius 2 is 1.93 bits per heavy atom. The number of carboxylic acid groups (broad SMARTS) is 1. The summed E-state index contributed by atoms with van der Waals surface area (Å²) >= 11 is 0. The summed E-state index contributed by atoms with van der Waals surface area (Å²) < 4.78 is 0. The van der Waals surface area contributed by atoms with Gasteiger partial charge < -0.3 is 15.0 Å². The van der Waals surface area contributed by atoms with Gasteiger partial charge in [-0.1, -0.05) is 26.2 Å². The minimum Gasteiger partial charge on any atom is -0.550 e. The summed E-state index contributed by atoms with van der Waals surface area (Å²) in [7, 11) is 0. The maximum atomic E-state index is 10.8. The molecule has 1 N–H and O–H groups in total. The number of aliphatic hydroxyl groups is 1. The molecule has 0 aromatic carbocycles. The number of carbonyl (C=O) groups is 1. The van der Waals surface area contributed by atoms with Gasteiger partial charge in [-0.3, -0.25) is 0 Å². The molecular weight excluding hydrogens is 191 g/mol. The number of carboxylic acids is 1. The number of carbonyl (C=O) groups excluding carboxylic acids is 1. The summed E-state index contributed by atoms with van der Waals surface area (Å²) in [4.78, 5) is 10.8. The Hall–Kier alpha value is 0.430. The zero-order chi connectivity index (χ0) is 9.90. The Bertz CT molecular complexity index is 188. The molecule has 3 nitrogen and oxygen atoms in total. The molecule has 0 amide bonds. The van der Waals surface area contributed by atoms with Crippen molar-refractivity contribution in [2.24, 2.45) is 5.92 Å². The quantitative estimate of drug-likeness (QED) is 0.520. The molecule has 0 aromatic heterocycles. The molecule has 1 fully saturated rings. The topological polar surface area (TPSA) is 60.4 Å². The van der Waals surface area contributed by atoms with E-state index >= 15 is 0 Å². The van der Waals surface area contributed by atoms with Gasteiger partial charge in [0.2, 0.25) is 0 Å². The van der Waals surface area contributed by atoms with E-state index in [9.17, 15) is 15.0 Å². The van der Waals surface area contributed by atoms with Gasteiger partial charge in [0.05, 0.1) is 5.60 Å². The van der Waals surface area contributed by atoms with E-state index in [-0.39, 0.29) is 29.6 Å². The van der Waals surface area contributed by atoms with Gasteiger partial charge >= 0.3 is 29.6 Å². The second-order valence-corrected chi connectivity index (χ2v) is 3.94. The standard InChI is InChI=1S/C10H18O3.Na/c1-2-8(9(11)12)10(13)6-4-3-5-7-10;/h8,13H,2-7H2,1H3,(H,11,12);/q;+1/p-1. The molecule has 1 aliphatic carbocycles. The fourth-order valence-electron chi connectivity index (χ4n) is 2.28. The van der Waals surface area contributed by atoms with Crippen molar-refractivity contribution in [3.63, 3.8) is 0 Å². The normalized spacial score (nSPS) is 22.1. The summed E-state index contributed by atoms with van der Waals surface area (Å²) in [5.74, 6) is -1.79. The maximum Gasteiger partial charge on any atom is 1.00 e. The summed E-state index contributed by atoms with van der Waals surface area (Å²) in [5, 5.41) is 20.8. The third-order valence-electron chi connectivity index (χ3n) is 3.06. The van der Waals surface area contributed by atoms with Gasteiger partial charge in [-0.2, -0.15) is 0 Å². The van der Waals surface area contributed by atoms with Crippen LogP contribution in [0.4, 0.5) is 0 Å². The molecule has 14 heavy (non-hydrogen) atoms. The van der Waals surface area contributed by atoms with Crippen LogP contribution in [0.5, 0.6) is 0 Å². The van der Waals surface area contributed by atoms with Crippen molar-refractivity contribution in [1.82, 2.24) is 0 Å². The first kappa shape index (κ1) is 14.4. The molecule has 1 rings (SSSR count). The molecule has 1 unspecified atom stereocenters. The number of hydrogen-bond donors (Lipinski definition) is 1. The van der Waals surface area contributed by atoms with Gasteiger partial charge in [0.1, 0.15) is 0 Å². The Morgan fingerprint density at radius 1 is 1.43 bits per heavy atom. The fourth-order valence-corrected chi connectivity index (χ4v) is 2.28. The molecule has 0 heterocycles. The van der Waals surface area contributed by atoms with Crippen LogP contribution in [0, 0.1) is 5.92 Å². The third-order valence-corrected chi connectivity index (χ3v) is 3.06. The molecule has 0 radical (unpaired) electrons. The van der Waals surface area contributed by atoms with Crippen LogP contribution in [0.25, 0.3) is 0 Å². The van der Waals surface area contributed by atoms with Crippen LogP contribution >= 0.6 is 0 Å². The minimum absolute atomic E-state index is 0. The van der Waals surface area contributed by atoms with Gasteiger partial charge in [0.25, 0.3) is 0 Å². The molecule has 76 valence electrons. The van der Waals surface area contributed by atoms with E-state index in [4.69, 9.17) is 0 Å². The number of rotatable bonds is 3. The zero-order valence-corrected chi connectivity index (χ0v) is 11.1. The first-order valence-electron chi connectivity index (χ1n) is 5.03. The van der Waals surface area contributed by atoms with Gasteiger partial charge in [-0.25, -0.2) is 0 Å². The molecule has 0 aromatic rings. The van der Waals surface area contributed by atoms with E-state index in [1.807, 2.05) is 0 Å². The van der Waals surface area contributed by atoms with Crippen molar-refractivity contribution in [3.8, 4) is 0 Å². The van der Waals surface area contributed by atoms with Crippen molar-refractivity contribution in [2.45, 2.75) is 51.0 Å². The van der Waals surface area contributed by atoms with Crippen molar-refractivity contribution in [1.29, 1.82) is 0 Å². The average Bonchev–Trinajstić information content (AvgIpc) is 2.05. The largest absolute Gasteiger partial charge is 1.00 e. The molecule has 0 spiro atoms. The molecule has 4 heteroatoms. The minimum atomic E-state index is -1.10. The first-order chi connectivity index (χ1) is 6.10. The van der Waals surface area contributed by atoms with Crippen LogP contribution in [-0.2, 0) is 4.79 Å². The van der Waals surface area contributed by atoms with Crippen LogP contribution in [0.15, 0.2) is 0 Å². The van der Waals surface area contributed by atoms with Crippen molar-refractivity contribution in [2.75, 3.05) is 0 Å². The Labute approximate surface area is 107 Å². The Kier molecular flexibility index (Phi) is 6.30. The zero-order valence-electron chi connectivity index (χ0n) is 9.08. The smallest absolute Gasteiger partial charge is 0.550 e. The summed E-state index contributed by atoms with van der Waals surface area (Å²) in [6.45, 7) is 1.78. The van der Waals surface area contributed by atoms with Gasteiger partial charge in [0.15, 0.2) is 0 Å². The van der Waals surface area contributed by atoms with E-state index in [0.29, 0.717) is 19.3 Å². The van der Waals surface area contributed by atoms with Crippen LogP contribution < -0.4 is 34.7 Å².